The van der Waals surface area contributed by atoms with E-state index in [1.54, 1.807) is 22.8 Å². The summed E-state index contributed by atoms with van der Waals surface area (Å²) in [6, 6.07) is 11.7. The van der Waals surface area contributed by atoms with E-state index in [2.05, 4.69) is 9.97 Å². The van der Waals surface area contributed by atoms with Gasteiger partial charge in [-0.05, 0) is 36.2 Å². The molecule has 0 amide bonds. The zero-order chi connectivity index (χ0) is 16.7. The van der Waals surface area contributed by atoms with Gasteiger partial charge in [0.15, 0.2) is 0 Å². The predicted octanol–water partition coefficient (Wildman–Crippen LogP) is 3.91. The zero-order valence-corrected chi connectivity index (χ0v) is 13.3. The fourth-order valence-corrected chi connectivity index (χ4v) is 3.12. The van der Waals surface area contributed by atoms with E-state index >= 15 is 0 Å². The lowest BCUT2D eigenvalue weighted by Gasteiger charge is -2.05. The van der Waals surface area contributed by atoms with Crippen LogP contribution in [0, 0.1) is 5.82 Å². The normalized spacial score (nSPS) is 11.4. The molecule has 24 heavy (non-hydrogen) atoms. The summed E-state index contributed by atoms with van der Waals surface area (Å²) < 4.78 is 14.5. The second kappa shape index (κ2) is 5.76. The van der Waals surface area contributed by atoms with Crippen molar-refractivity contribution in [2.24, 2.45) is 0 Å². The van der Waals surface area contributed by atoms with Crippen LogP contribution in [0.3, 0.4) is 0 Å². The molecule has 2 heterocycles. The van der Waals surface area contributed by atoms with Crippen LogP contribution in [0.15, 0.2) is 53.6 Å². The molecule has 0 aliphatic heterocycles. The highest BCUT2D eigenvalue weighted by molar-refractivity contribution is 6.37. The number of H-pyrrole nitrogens is 1. The van der Waals surface area contributed by atoms with Gasteiger partial charge >= 0.3 is 0 Å². The van der Waals surface area contributed by atoms with Crippen molar-refractivity contribution in [3.63, 3.8) is 0 Å². The molecule has 0 fully saturated rings. The molecule has 0 atom stereocenters. The van der Waals surface area contributed by atoms with Crippen molar-refractivity contribution in [3.05, 3.63) is 75.5 Å². The third kappa shape index (κ3) is 2.47. The number of aryl methyl sites for hydroxylation is 2. The van der Waals surface area contributed by atoms with Crippen molar-refractivity contribution in [3.8, 4) is 0 Å². The minimum Gasteiger partial charge on any atom is -0.349 e. The van der Waals surface area contributed by atoms with Gasteiger partial charge in [0.25, 0.3) is 5.56 Å². The minimum atomic E-state index is -0.269. The Balaban J connectivity index is 1.73. The Bertz CT molecular complexity index is 1100. The van der Waals surface area contributed by atoms with Crippen LogP contribution in [0.1, 0.15) is 5.56 Å². The number of hydrogen-bond acceptors (Lipinski definition) is 2. The summed E-state index contributed by atoms with van der Waals surface area (Å²) in [5.74, 6) is -0.269. The van der Waals surface area contributed by atoms with E-state index < -0.39 is 0 Å². The van der Waals surface area contributed by atoms with Gasteiger partial charge in [0.2, 0.25) is 0 Å². The second-order valence-corrected chi connectivity index (χ2v) is 6.04. The number of halogens is 2. The van der Waals surface area contributed by atoms with Gasteiger partial charge in [0.1, 0.15) is 16.9 Å². The molecule has 0 spiro atoms. The molecule has 0 radical (unpaired) electrons. The molecule has 0 bridgehead atoms. The van der Waals surface area contributed by atoms with E-state index in [0.717, 1.165) is 16.5 Å². The van der Waals surface area contributed by atoms with Crippen LogP contribution in [0.25, 0.3) is 21.9 Å². The number of benzene rings is 2. The van der Waals surface area contributed by atoms with E-state index in [1.165, 1.54) is 18.5 Å². The molecule has 4 nitrogen and oxygen atoms in total. The molecule has 2 aromatic heterocycles. The largest absolute Gasteiger partial charge is 0.349 e. The van der Waals surface area contributed by atoms with Crippen LogP contribution in [0.4, 0.5) is 4.39 Å². The van der Waals surface area contributed by atoms with Gasteiger partial charge in [0.05, 0.1) is 11.3 Å². The minimum absolute atomic E-state index is 0.144. The summed E-state index contributed by atoms with van der Waals surface area (Å²) in [4.78, 5) is 20.2. The highest BCUT2D eigenvalue weighted by atomic mass is 35.5. The molecule has 4 aromatic rings. The van der Waals surface area contributed by atoms with Gasteiger partial charge in [-0.15, -0.1) is 0 Å². The number of nitrogens with zero attached hydrogens (tertiary/aromatic N) is 2. The lowest BCUT2D eigenvalue weighted by molar-refractivity contribution is 0.624. The quantitative estimate of drug-likeness (QED) is 0.614. The summed E-state index contributed by atoms with van der Waals surface area (Å²) >= 11 is 6.22. The summed E-state index contributed by atoms with van der Waals surface area (Å²) in [6.45, 7) is 0.469. The van der Waals surface area contributed by atoms with Crippen molar-refractivity contribution in [2.75, 3.05) is 0 Å². The Labute approximate surface area is 141 Å². The molecule has 1 N–H and O–H groups in total. The summed E-state index contributed by atoms with van der Waals surface area (Å²) in [7, 11) is 0. The third-order valence-electron chi connectivity index (χ3n) is 4.10. The maximum atomic E-state index is 12.9. The van der Waals surface area contributed by atoms with E-state index in [0.29, 0.717) is 29.0 Å². The molecule has 0 aliphatic carbocycles. The predicted molar refractivity (Wildman–Crippen MR) is 93.0 cm³/mol. The van der Waals surface area contributed by atoms with Crippen molar-refractivity contribution in [1.29, 1.82) is 0 Å². The van der Waals surface area contributed by atoms with Gasteiger partial charge in [-0.3, -0.25) is 9.36 Å². The maximum absolute atomic E-state index is 12.9. The van der Waals surface area contributed by atoms with Gasteiger partial charge in [-0.1, -0.05) is 29.8 Å². The molecule has 0 saturated heterocycles. The number of fused-ring (bicyclic) bond motifs is 3. The van der Waals surface area contributed by atoms with Crippen LogP contribution in [0.2, 0.25) is 5.02 Å². The average molecular weight is 342 g/mol. The van der Waals surface area contributed by atoms with Gasteiger partial charge in [0, 0.05) is 17.4 Å². The Morgan fingerprint density at radius 2 is 1.96 bits per heavy atom. The highest BCUT2D eigenvalue weighted by Gasteiger charge is 2.13. The number of rotatable bonds is 3. The first kappa shape index (κ1) is 14.9. The van der Waals surface area contributed by atoms with Gasteiger partial charge in [-0.25, -0.2) is 9.37 Å². The lowest BCUT2D eigenvalue weighted by Crippen LogP contribution is -2.21. The van der Waals surface area contributed by atoms with Crippen LogP contribution < -0.4 is 5.56 Å². The average Bonchev–Trinajstić information content (AvgIpc) is 2.97. The summed E-state index contributed by atoms with van der Waals surface area (Å²) in [6.07, 6.45) is 2.15. The Kier molecular flexibility index (Phi) is 3.58. The molecule has 120 valence electrons. The monoisotopic (exact) mass is 341 g/mol. The summed E-state index contributed by atoms with van der Waals surface area (Å²) in [5.41, 5.74) is 2.63. The summed E-state index contributed by atoms with van der Waals surface area (Å²) in [5, 5.41) is 1.33. The Hall–Kier alpha value is -2.66. The van der Waals surface area contributed by atoms with Crippen molar-refractivity contribution in [1.82, 2.24) is 14.5 Å². The molecule has 4 rings (SSSR count). The van der Waals surface area contributed by atoms with E-state index in [4.69, 9.17) is 11.6 Å². The van der Waals surface area contributed by atoms with Crippen molar-refractivity contribution < 1.29 is 4.39 Å². The zero-order valence-electron chi connectivity index (χ0n) is 12.6. The fourth-order valence-electron chi connectivity index (χ4n) is 2.86. The highest BCUT2D eigenvalue weighted by Crippen LogP contribution is 2.28. The number of nitrogens with one attached hydrogen (secondary N) is 1. The molecular weight excluding hydrogens is 329 g/mol. The third-order valence-corrected chi connectivity index (χ3v) is 4.42. The van der Waals surface area contributed by atoms with Crippen LogP contribution in [-0.4, -0.2) is 14.5 Å². The molecule has 0 saturated carbocycles. The van der Waals surface area contributed by atoms with E-state index in [-0.39, 0.29) is 11.4 Å². The smallest absolute Gasteiger partial charge is 0.277 e. The van der Waals surface area contributed by atoms with E-state index in [1.807, 2.05) is 12.1 Å². The van der Waals surface area contributed by atoms with Gasteiger partial charge in [-0.2, -0.15) is 0 Å². The van der Waals surface area contributed by atoms with Crippen molar-refractivity contribution in [2.45, 2.75) is 13.0 Å². The molecule has 0 aliphatic rings. The fraction of sp³-hybridized carbons (Fsp3) is 0.111. The molecule has 6 heteroatoms. The number of aromatic nitrogens is 3. The first-order valence-electron chi connectivity index (χ1n) is 7.53. The molecule has 2 aromatic carbocycles. The number of hydrogen-bond donors (Lipinski definition) is 1. The standard InChI is InChI=1S/C18H13ClFN3O/c19-13-2-1-3-14-15(13)16-17(22-14)18(24)23(10-21-16)9-8-11-4-6-12(20)7-5-11/h1-7,10,22H,8-9H2. The van der Waals surface area contributed by atoms with Crippen molar-refractivity contribution >= 4 is 33.5 Å². The van der Waals surface area contributed by atoms with Crippen LogP contribution >= 0.6 is 11.6 Å². The molecular formula is C18H13ClFN3O. The number of aromatic amines is 1. The second-order valence-electron chi connectivity index (χ2n) is 5.63. The first-order chi connectivity index (χ1) is 11.6. The van der Waals surface area contributed by atoms with E-state index in [9.17, 15) is 9.18 Å². The van der Waals surface area contributed by atoms with Gasteiger partial charge < -0.3 is 4.98 Å². The molecule has 0 unspecified atom stereocenters. The van der Waals surface area contributed by atoms with Crippen LogP contribution in [0.5, 0.6) is 0 Å². The first-order valence-corrected chi connectivity index (χ1v) is 7.91. The maximum Gasteiger partial charge on any atom is 0.277 e. The Morgan fingerprint density at radius 3 is 2.75 bits per heavy atom. The SMILES string of the molecule is O=c1c2[nH]c3cccc(Cl)c3c2ncn1CCc1ccc(F)cc1. The van der Waals surface area contributed by atoms with Crippen LogP contribution in [-0.2, 0) is 13.0 Å². The topological polar surface area (TPSA) is 50.7 Å². The lowest BCUT2D eigenvalue weighted by atomic mass is 10.1. The Morgan fingerprint density at radius 1 is 1.17 bits per heavy atom.